The minimum absolute atomic E-state index is 0. The predicted molar refractivity (Wildman–Crippen MR) is 29.5 cm³/mol. The van der Waals surface area contributed by atoms with Gasteiger partial charge in [0, 0.05) is 6.20 Å². The second-order valence-electron chi connectivity index (χ2n) is 1.60. The molecule has 1 heterocycles. The number of carbonyl (C=O) groups excluding carboxylic acids is 1. The number of aromatic carboxylic acids is 1. The van der Waals surface area contributed by atoms with Crippen molar-refractivity contribution in [3.05, 3.63) is 18.0 Å². The van der Waals surface area contributed by atoms with Crippen molar-refractivity contribution in [1.82, 2.24) is 4.98 Å². The Bertz CT molecular complexity index is 233. The van der Waals surface area contributed by atoms with Gasteiger partial charge in [-0.1, -0.05) is 0 Å². The van der Waals surface area contributed by atoms with E-state index in [4.69, 9.17) is 5.73 Å². The summed E-state index contributed by atoms with van der Waals surface area (Å²) in [5.74, 6) is -1.28. The number of nitrogens with two attached hydrogens (primary N) is 1. The van der Waals surface area contributed by atoms with Crippen LogP contribution >= 0.6 is 0 Å². The molecule has 0 saturated heterocycles. The van der Waals surface area contributed by atoms with Crippen LogP contribution in [0.15, 0.2) is 12.3 Å². The van der Waals surface area contributed by atoms with Crippen molar-refractivity contribution < 1.29 is 61.3 Å². The van der Waals surface area contributed by atoms with Crippen LogP contribution in [0.5, 0.6) is 0 Å². The van der Waals surface area contributed by atoms with Crippen molar-refractivity contribution in [3.63, 3.8) is 0 Å². The number of aromatic nitrogens is 1. The van der Waals surface area contributed by atoms with Crippen molar-refractivity contribution in [1.29, 1.82) is 0 Å². The largest absolute Gasteiger partial charge is 1.00 e. The summed E-state index contributed by atoms with van der Waals surface area (Å²) < 4.78 is 0. The van der Waals surface area contributed by atoms with E-state index in [1.807, 2.05) is 0 Å². The van der Waals surface area contributed by atoms with Gasteiger partial charge in [-0.2, -0.15) is 0 Å². The molecule has 5 heteroatoms. The van der Waals surface area contributed by atoms with Gasteiger partial charge in [0.1, 0.15) is 0 Å². The first-order valence-corrected chi connectivity index (χ1v) is 2.36. The summed E-state index contributed by atoms with van der Waals surface area (Å²) in [7, 11) is 0. The van der Waals surface area contributed by atoms with Gasteiger partial charge in [-0.05, 0) is 6.07 Å². The van der Waals surface area contributed by atoms with Crippen molar-refractivity contribution in [2.75, 3.05) is 5.73 Å². The standard InChI is InChI=1S/C5H6N2O2.K/c6-3-1-2-7-4(3)5(8)9;/h1-2,7H,6H2,(H,8,9);/q;+1/p-1. The molecule has 0 aromatic carbocycles. The molecule has 0 atom stereocenters. The van der Waals surface area contributed by atoms with Crippen LogP contribution in [0.25, 0.3) is 0 Å². The Morgan fingerprint density at radius 1 is 1.70 bits per heavy atom. The fourth-order valence-electron chi connectivity index (χ4n) is 0.558. The monoisotopic (exact) mass is 164 g/mol. The van der Waals surface area contributed by atoms with E-state index in [0.29, 0.717) is 0 Å². The average molecular weight is 164 g/mol. The molecule has 1 aromatic rings. The number of carbonyl (C=O) groups is 1. The molecule has 0 aliphatic heterocycles. The molecule has 48 valence electrons. The number of aromatic amines is 1. The third kappa shape index (κ3) is 2.10. The van der Waals surface area contributed by atoms with Gasteiger partial charge in [0.2, 0.25) is 0 Å². The van der Waals surface area contributed by atoms with Crippen LogP contribution in [0, 0.1) is 0 Å². The third-order valence-electron chi connectivity index (χ3n) is 0.983. The zero-order valence-electron chi connectivity index (χ0n) is 5.55. The topological polar surface area (TPSA) is 81.9 Å². The van der Waals surface area contributed by atoms with Crippen LogP contribution in [0.3, 0.4) is 0 Å². The Kier molecular flexibility index (Phi) is 4.22. The SMILES string of the molecule is Nc1cc[nH]c1C(=O)[O-].[K+]. The maximum absolute atomic E-state index is 10.1. The predicted octanol–water partition coefficient (Wildman–Crippen LogP) is -4.04. The molecule has 0 bridgehead atoms. The van der Waals surface area contributed by atoms with Gasteiger partial charge in [0.05, 0.1) is 17.4 Å². The van der Waals surface area contributed by atoms with Gasteiger partial charge < -0.3 is 20.6 Å². The number of nitrogens with one attached hydrogen (secondary N) is 1. The summed E-state index contributed by atoms with van der Waals surface area (Å²) in [5, 5.41) is 10.1. The number of carboxylic acids is 1. The van der Waals surface area contributed by atoms with E-state index in [1.54, 1.807) is 0 Å². The van der Waals surface area contributed by atoms with E-state index in [0.717, 1.165) is 0 Å². The van der Waals surface area contributed by atoms with Crippen LogP contribution in [0.2, 0.25) is 0 Å². The number of carboxylic acid groups (broad SMARTS) is 1. The third-order valence-corrected chi connectivity index (χ3v) is 0.983. The van der Waals surface area contributed by atoms with E-state index < -0.39 is 5.97 Å². The second kappa shape index (κ2) is 4.15. The molecular formula is C5H5KN2O2. The smallest absolute Gasteiger partial charge is 0.543 e. The van der Waals surface area contributed by atoms with Crippen molar-refractivity contribution in [2.24, 2.45) is 0 Å². The quantitative estimate of drug-likeness (QED) is 0.415. The Morgan fingerprint density at radius 3 is 2.50 bits per heavy atom. The fraction of sp³-hybridized carbons (Fsp3) is 0. The van der Waals surface area contributed by atoms with Gasteiger partial charge in [-0.3, -0.25) is 0 Å². The summed E-state index contributed by atoms with van der Waals surface area (Å²) in [6.07, 6.45) is 1.44. The molecule has 0 unspecified atom stereocenters. The summed E-state index contributed by atoms with van der Waals surface area (Å²) in [6.45, 7) is 0. The molecule has 3 N–H and O–H groups in total. The fourth-order valence-corrected chi connectivity index (χ4v) is 0.558. The van der Waals surface area contributed by atoms with Gasteiger partial charge in [-0.15, -0.1) is 0 Å². The molecule has 0 aliphatic rings. The zero-order chi connectivity index (χ0) is 6.85. The molecule has 0 fully saturated rings. The molecule has 0 spiro atoms. The molecule has 1 aromatic heterocycles. The maximum Gasteiger partial charge on any atom is 1.00 e. The summed E-state index contributed by atoms with van der Waals surface area (Å²) in [5.41, 5.74) is 5.33. The first kappa shape index (κ1) is 10.2. The molecular weight excluding hydrogens is 159 g/mol. The molecule has 0 amide bonds. The average Bonchev–Trinajstić information content (AvgIpc) is 2.13. The number of anilines is 1. The number of hydrogen-bond acceptors (Lipinski definition) is 3. The first-order valence-electron chi connectivity index (χ1n) is 2.36. The van der Waals surface area contributed by atoms with Gasteiger partial charge in [-0.25, -0.2) is 0 Å². The summed E-state index contributed by atoms with van der Waals surface area (Å²) in [6, 6.07) is 1.46. The maximum atomic E-state index is 10.1. The zero-order valence-corrected chi connectivity index (χ0v) is 8.67. The van der Waals surface area contributed by atoms with Crippen molar-refractivity contribution >= 4 is 11.7 Å². The molecule has 4 nitrogen and oxygen atoms in total. The van der Waals surface area contributed by atoms with Crippen LogP contribution in [0.1, 0.15) is 10.5 Å². The van der Waals surface area contributed by atoms with Crippen LogP contribution in [0.4, 0.5) is 5.69 Å². The molecule has 0 radical (unpaired) electrons. The molecule has 0 saturated carbocycles. The Hall–Kier alpha value is 0.186. The number of nitrogen functional groups attached to an aromatic ring is 1. The van der Waals surface area contributed by atoms with Gasteiger partial charge in [0.25, 0.3) is 0 Å². The second-order valence-corrected chi connectivity index (χ2v) is 1.60. The Morgan fingerprint density at radius 2 is 2.30 bits per heavy atom. The molecule has 10 heavy (non-hydrogen) atoms. The molecule has 1 rings (SSSR count). The number of H-pyrrole nitrogens is 1. The number of rotatable bonds is 1. The normalized spacial score (nSPS) is 8.40. The van der Waals surface area contributed by atoms with E-state index in [1.165, 1.54) is 12.3 Å². The van der Waals surface area contributed by atoms with Crippen molar-refractivity contribution in [2.45, 2.75) is 0 Å². The van der Waals surface area contributed by atoms with Crippen LogP contribution < -0.4 is 62.2 Å². The number of hydrogen-bond donors (Lipinski definition) is 2. The Labute approximate surface area is 100 Å². The summed E-state index contributed by atoms with van der Waals surface area (Å²) in [4.78, 5) is 12.5. The van der Waals surface area contributed by atoms with E-state index >= 15 is 0 Å². The van der Waals surface area contributed by atoms with Gasteiger partial charge in [0.15, 0.2) is 0 Å². The Balaban J connectivity index is 0.000000810. The van der Waals surface area contributed by atoms with E-state index in [9.17, 15) is 9.90 Å². The van der Waals surface area contributed by atoms with Crippen LogP contribution in [-0.4, -0.2) is 11.0 Å². The van der Waals surface area contributed by atoms with E-state index in [2.05, 4.69) is 4.98 Å². The van der Waals surface area contributed by atoms with E-state index in [-0.39, 0.29) is 62.8 Å². The first-order chi connectivity index (χ1) is 4.22. The van der Waals surface area contributed by atoms with Crippen molar-refractivity contribution in [3.8, 4) is 0 Å². The minimum atomic E-state index is -1.28. The summed E-state index contributed by atoms with van der Waals surface area (Å²) >= 11 is 0. The minimum Gasteiger partial charge on any atom is -0.543 e. The van der Waals surface area contributed by atoms with Crippen LogP contribution in [-0.2, 0) is 0 Å². The molecule has 0 aliphatic carbocycles. The van der Waals surface area contributed by atoms with Gasteiger partial charge >= 0.3 is 51.4 Å².